The zero-order valence-corrected chi connectivity index (χ0v) is 13.6. The number of rotatable bonds is 5. The van der Waals surface area contributed by atoms with Gasteiger partial charge in [-0.3, -0.25) is 0 Å². The zero-order valence-electron chi connectivity index (χ0n) is 12.1. The highest BCUT2D eigenvalue weighted by Gasteiger charge is 2.09. The zero-order chi connectivity index (χ0) is 15.2. The Morgan fingerprint density at radius 3 is 2.71 bits per heavy atom. The Kier molecular flexibility index (Phi) is 5.38. The van der Waals surface area contributed by atoms with Crippen LogP contribution < -0.4 is 10.1 Å². The number of hydrogen-bond acceptors (Lipinski definition) is 3. The van der Waals surface area contributed by atoms with Crippen LogP contribution in [-0.4, -0.2) is 7.11 Å². The molecule has 0 aromatic heterocycles. The molecule has 2 rings (SSSR count). The lowest BCUT2D eigenvalue weighted by Crippen LogP contribution is -2.18. The van der Waals surface area contributed by atoms with Crippen LogP contribution in [0.15, 0.2) is 46.9 Å². The summed E-state index contributed by atoms with van der Waals surface area (Å²) in [7, 11) is 1.57. The van der Waals surface area contributed by atoms with Crippen molar-refractivity contribution in [2.24, 2.45) is 0 Å². The van der Waals surface area contributed by atoms with Crippen molar-refractivity contribution < 1.29 is 4.74 Å². The highest BCUT2D eigenvalue weighted by atomic mass is 79.9. The molecular weight excluding hydrogens is 328 g/mol. The summed E-state index contributed by atoms with van der Waals surface area (Å²) in [5.74, 6) is 0.611. The normalized spacial score (nSPS) is 11.7. The minimum atomic E-state index is 0.216. The summed E-state index contributed by atoms with van der Waals surface area (Å²) in [6.07, 6.45) is 0. The Bertz CT molecular complexity index is 664. The van der Waals surface area contributed by atoms with Gasteiger partial charge < -0.3 is 10.1 Å². The van der Waals surface area contributed by atoms with Crippen molar-refractivity contribution in [2.75, 3.05) is 7.11 Å². The molecule has 0 saturated carbocycles. The number of hydrogen-bond donors (Lipinski definition) is 1. The lowest BCUT2D eigenvalue weighted by molar-refractivity contribution is 0.413. The van der Waals surface area contributed by atoms with Crippen molar-refractivity contribution in [3.63, 3.8) is 0 Å². The Morgan fingerprint density at radius 1 is 1.29 bits per heavy atom. The van der Waals surface area contributed by atoms with Gasteiger partial charge in [0.2, 0.25) is 0 Å². The average molecular weight is 345 g/mol. The number of nitriles is 1. The van der Waals surface area contributed by atoms with E-state index in [1.165, 1.54) is 5.56 Å². The molecule has 0 unspecified atom stereocenters. The topological polar surface area (TPSA) is 45.0 Å². The van der Waals surface area contributed by atoms with Crippen LogP contribution in [0.4, 0.5) is 0 Å². The van der Waals surface area contributed by atoms with Gasteiger partial charge in [0.15, 0.2) is 0 Å². The largest absolute Gasteiger partial charge is 0.495 e. The van der Waals surface area contributed by atoms with Crippen LogP contribution in [-0.2, 0) is 6.54 Å². The van der Waals surface area contributed by atoms with E-state index in [0.29, 0.717) is 17.9 Å². The second-order valence-corrected chi connectivity index (χ2v) is 5.62. The molecule has 108 valence electrons. The quantitative estimate of drug-likeness (QED) is 0.884. The van der Waals surface area contributed by atoms with Crippen molar-refractivity contribution in [2.45, 2.75) is 19.5 Å². The molecule has 4 heteroatoms. The summed E-state index contributed by atoms with van der Waals surface area (Å²) in [5, 5.41) is 12.6. The third kappa shape index (κ3) is 3.84. The van der Waals surface area contributed by atoms with Crippen LogP contribution in [0.5, 0.6) is 5.75 Å². The van der Waals surface area contributed by atoms with Gasteiger partial charge in [0.1, 0.15) is 11.8 Å². The first-order valence-electron chi connectivity index (χ1n) is 6.70. The van der Waals surface area contributed by atoms with Crippen LogP contribution in [0.1, 0.15) is 29.7 Å². The Balaban J connectivity index is 2.07. The van der Waals surface area contributed by atoms with Gasteiger partial charge in [0, 0.05) is 17.1 Å². The summed E-state index contributed by atoms with van der Waals surface area (Å²) >= 11 is 3.57. The Labute approximate surface area is 133 Å². The summed E-state index contributed by atoms with van der Waals surface area (Å²) in [6.45, 7) is 2.82. The summed E-state index contributed by atoms with van der Waals surface area (Å²) in [6, 6.07) is 16.2. The second-order valence-electron chi connectivity index (χ2n) is 4.77. The van der Waals surface area contributed by atoms with Crippen molar-refractivity contribution >= 4 is 15.9 Å². The fourth-order valence-corrected chi connectivity index (χ4v) is 2.79. The van der Waals surface area contributed by atoms with E-state index >= 15 is 0 Å². The summed E-state index contributed by atoms with van der Waals surface area (Å²) in [4.78, 5) is 0. The van der Waals surface area contributed by atoms with Gasteiger partial charge in [0.05, 0.1) is 12.7 Å². The van der Waals surface area contributed by atoms with Gasteiger partial charge in [-0.2, -0.15) is 5.26 Å². The molecule has 0 amide bonds. The molecule has 2 aromatic carbocycles. The minimum Gasteiger partial charge on any atom is -0.495 e. The van der Waals surface area contributed by atoms with E-state index in [1.807, 2.05) is 36.4 Å². The molecule has 0 heterocycles. The minimum absolute atomic E-state index is 0.216. The van der Waals surface area contributed by atoms with E-state index in [1.54, 1.807) is 7.11 Å². The van der Waals surface area contributed by atoms with Crippen molar-refractivity contribution in [1.82, 2.24) is 5.32 Å². The second kappa shape index (κ2) is 7.26. The molecule has 0 fully saturated rings. The predicted molar refractivity (Wildman–Crippen MR) is 87.1 cm³/mol. The van der Waals surface area contributed by atoms with E-state index < -0.39 is 0 Å². The van der Waals surface area contributed by atoms with Gasteiger partial charge in [-0.25, -0.2) is 0 Å². The number of nitrogens with zero attached hydrogens (tertiary/aromatic N) is 1. The molecule has 0 aliphatic heterocycles. The smallest absolute Gasteiger partial charge is 0.136 e. The maximum absolute atomic E-state index is 9.11. The molecule has 0 aliphatic carbocycles. The van der Waals surface area contributed by atoms with E-state index in [9.17, 15) is 0 Å². The maximum Gasteiger partial charge on any atom is 0.136 e. The lowest BCUT2D eigenvalue weighted by Gasteiger charge is -2.16. The molecule has 3 nitrogen and oxygen atoms in total. The Morgan fingerprint density at radius 2 is 2.05 bits per heavy atom. The van der Waals surface area contributed by atoms with Gasteiger partial charge in [-0.15, -0.1) is 0 Å². The SMILES string of the molecule is COc1ccc(CN[C@@H](C)c2ccccc2Br)cc1C#N. The van der Waals surface area contributed by atoms with Crippen molar-refractivity contribution in [3.8, 4) is 11.8 Å². The van der Waals surface area contributed by atoms with Gasteiger partial charge in [-0.05, 0) is 36.2 Å². The molecule has 21 heavy (non-hydrogen) atoms. The molecular formula is C17H17BrN2O. The summed E-state index contributed by atoms with van der Waals surface area (Å²) < 4.78 is 6.25. The maximum atomic E-state index is 9.11. The third-order valence-electron chi connectivity index (χ3n) is 3.37. The molecule has 1 N–H and O–H groups in total. The van der Waals surface area contributed by atoms with Crippen LogP contribution in [0, 0.1) is 11.3 Å². The number of nitrogens with one attached hydrogen (secondary N) is 1. The molecule has 0 spiro atoms. The molecule has 1 atom stereocenters. The van der Waals surface area contributed by atoms with Crippen LogP contribution in [0.25, 0.3) is 0 Å². The van der Waals surface area contributed by atoms with Crippen molar-refractivity contribution in [1.29, 1.82) is 5.26 Å². The summed E-state index contributed by atoms with van der Waals surface area (Å²) in [5.41, 5.74) is 2.84. The lowest BCUT2D eigenvalue weighted by atomic mass is 10.1. The van der Waals surface area contributed by atoms with Crippen LogP contribution >= 0.6 is 15.9 Å². The van der Waals surface area contributed by atoms with Crippen LogP contribution in [0.3, 0.4) is 0 Å². The van der Waals surface area contributed by atoms with Crippen LogP contribution in [0.2, 0.25) is 0 Å². The molecule has 0 saturated heterocycles. The van der Waals surface area contributed by atoms with E-state index in [2.05, 4.69) is 40.3 Å². The molecule has 0 bridgehead atoms. The first kappa shape index (κ1) is 15.6. The first-order chi connectivity index (χ1) is 10.2. The Hall–Kier alpha value is -1.83. The fourth-order valence-electron chi connectivity index (χ4n) is 2.16. The molecule has 0 radical (unpaired) electrons. The first-order valence-corrected chi connectivity index (χ1v) is 7.50. The predicted octanol–water partition coefficient (Wildman–Crippen LogP) is 4.18. The van der Waals surface area contributed by atoms with E-state index in [-0.39, 0.29) is 6.04 Å². The highest BCUT2D eigenvalue weighted by Crippen LogP contribution is 2.23. The van der Waals surface area contributed by atoms with Gasteiger partial charge in [0.25, 0.3) is 0 Å². The highest BCUT2D eigenvalue weighted by molar-refractivity contribution is 9.10. The standard InChI is InChI=1S/C17H17BrN2O/c1-12(15-5-3-4-6-16(15)18)20-11-13-7-8-17(21-2)14(9-13)10-19/h3-9,12,20H,11H2,1-2H3/t12-/m0/s1. The molecule has 0 aliphatic rings. The number of ether oxygens (including phenoxy) is 1. The number of methoxy groups -OCH3 is 1. The molecule has 2 aromatic rings. The van der Waals surface area contributed by atoms with Crippen molar-refractivity contribution in [3.05, 3.63) is 63.6 Å². The number of benzene rings is 2. The fraction of sp³-hybridized carbons (Fsp3) is 0.235. The van der Waals surface area contributed by atoms with Gasteiger partial charge >= 0.3 is 0 Å². The van der Waals surface area contributed by atoms with E-state index in [4.69, 9.17) is 10.00 Å². The monoisotopic (exact) mass is 344 g/mol. The average Bonchev–Trinajstić information content (AvgIpc) is 2.52. The third-order valence-corrected chi connectivity index (χ3v) is 4.09. The van der Waals surface area contributed by atoms with Gasteiger partial charge in [-0.1, -0.05) is 40.2 Å². The number of halogens is 1. The van der Waals surface area contributed by atoms with E-state index in [0.717, 1.165) is 10.0 Å².